The van der Waals surface area contributed by atoms with Gasteiger partial charge in [0.15, 0.2) is 0 Å². The summed E-state index contributed by atoms with van der Waals surface area (Å²) in [5.41, 5.74) is 0. The molecule has 2 heterocycles. The van der Waals surface area contributed by atoms with Crippen LogP contribution in [0.1, 0.15) is 26.2 Å². The van der Waals surface area contributed by atoms with E-state index >= 15 is 0 Å². The number of carbonyl (C=O) groups excluding carboxylic acids is 2. The quantitative estimate of drug-likeness (QED) is 0.758. The summed E-state index contributed by atoms with van der Waals surface area (Å²) < 4.78 is 0. The molecule has 0 aromatic carbocycles. The van der Waals surface area contributed by atoms with Gasteiger partial charge in [0.25, 0.3) is 0 Å². The van der Waals surface area contributed by atoms with Gasteiger partial charge in [-0.25, -0.2) is 0 Å². The van der Waals surface area contributed by atoms with Crippen molar-refractivity contribution in [2.75, 3.05) is 24.6 Å². The second kappa shape index (κ2) is 5.87. The minimum Gasteiger partial charge on any atom is -0.305 e. The highest BCUT2D eigenvalue weighted by molar-refractivity contribution is 7.99. The van der Waals surface area contributed by atoms with E-state index in [0.29, 0.717) is 18.9 Å². The zero-order chi connectivity index (χ0) is 12.3. The number of likely N-dealkylation sites (tertiary alicyclic amines) is 1. The first-order chi connectivity index (χ1) is 8.22. The Balaban J connectivity index is 1.79. The van der Waals surface area contributed by atoms with Crippen molar-refractivity contribution in [1.29, 1.82) is 0 Å². The van der Waals surface area contributed by atoms with Gasteiger partial charge in [0, 0.05) is 6.54 Å². The summed E-state index contributed by atoms with van der Waals surface area (Å²) in [6.07, 6.45) is 2.79. The van der Waals surface area contributed by atoms with Gasteiger partial charge >= 0.3 is 0 Å². The van der Waals surface area contributed by atoms with Crippen molar-refractivity contribution in [2.24, 2.45) is 5.92 Å². The van der Waals surface area contributed by atoms with Gasteiger partial charge in [-0.2, -0.15) is 11.8 Å². The Morgan fingerprint density at radius 2 is 2.06 bits per heavy atom. The zero-order valence-corrected chi connectivity index (χ0v) is 11.1. The molecule has 1 atom stereocenters. The topological polar surface area (TPSA) is 49.4 Å². The number of nitrogens with zero attached hydrogens (tertiary/aromatic N) is 1. The van der Waals surface area contributed by atoms with Gasteiger partial charge in [0.1, 0.15) is 0 Å². The molecular formula is C12H20N2O2S. The molecule has 96 valence electrons. The van der Waals surface area contributed by atoms with Gasteiger partial charge in [-0.3, -0.25) is 14.5 Å². The Morgan fingerprint density at radius 3 is 2.65 bits per heavy atom. The molecule has 4 nitrogen and oxygen atoms in total. The molecule has 2 aliphatic heterocycles. The van der Waals surface area contributed by atoms with Gasteiger partial charge in [-0.1, -0.05) is 0 Å². The van der Waals surface area contributed by atoms with E-state index in [0.717, 1.165) is 6.54 Å². The fraction of sp³-hybridized carbons (Fsp3) is 0.833. The Kier molecular flexibility index (Phi) is 4.45. The number of thioether (sulfide) groups is 1. The molecule has 0 spiro atoms. The summed E-state index contributed by atoms with van der Waals surface area (Å²) in [5.74, 6) is 3.06. The molecule has 17 heavy (non-hydrogen) atoms. The third-order valence-electron chi connectivity index (χ3n) is 3.55. The summed E-state index contributed by atoms with van der Waals surface area (Å²) >= 11 is 2.00. The number of hydrogen-bond acceptors (Lipinski definition) is 4. The van der Waals surface area contributed by atoms with E-state index in [1.54, 1.807) is 0 Å². The van der Waals surface area contributed by atoms with Crippen molar-refractivity contribution in [3.05, 3.63) is 0 Å². The predicted octanol–water partition coefficient (Wildman–Crippen LogP) is 0.867. The number of likely N-dealkylation sites (N-methyl/N-ethyl adjacent to an activating group) is 1. The molecule has 2 aliphatic rings. The van der Waals surface area contributed by atoms with Gasteiger partial charge in [-0.05, 0) is 43.7 Å². The monoisotopic (exact) mass is 256 g/mol. The van der Waals surface area contributed by atoms with Crippen LogP contribution in [0.15, 0.2) is 0 Å². The number of carbonyl (C=O) groups is 2. The van der Waals surface area contributed by atoms with Crippen LogP contribution in [-0.4, -0.2) is 47.4 Å². The molecule has 5 heteroatoms. The molecule has 0 aromatic heterocycles. The average Bonchev–Trinajstić information content (AvgIpc) is 2.63. The maximum Gasteiger partial charge on any atom is 0.246 e. The van der Waals surface area contributed by atoms with E-state index in [4.69, 9.17) is 0 Å². The minimum absolute atomic E-state index is 0.0331. The van der Waals surface area contributed by atoms with Crippen LogP contribution in [-0.2, 0) is 9.59 Å². The fourth-order valence-corrected chi connectivity index (χ4v) is 3.64. The summed E-state index contributed by atoms with van der Waals surface area (Å²) in [6, 6.07) is -0.267. The maximum absolute atomic E-state index is 11.9. The van der Waals surface area contributed by atoms with Crippen LogP contribution >= 0.6 is 11.8 Å². The molecule has 2 saturated heterocycles. The molecule has 0 aromatic rings. The SMILES string of the molecule is CCN1C(=O)CC(NCC2CCSCC2)C1=O. The summed E-state index contributed by atoms with van der Waals surface area (Å²) in [6.45, 7) is 3.22. The number of imide groups is 1. The minimum atomic E-state index is -0.267. The number of amides is 2. The molecule has 0 bridgehead atoms. The molecular weight excluding hydrogens is 236 g/mol. The lowest BCUT2D eigenvalue weighted by Gasteiger charge is -2.23. The van der Waals surface area contributed by atoms with E-state index in [2.05, 4.69) is 5.32 Å². The normalized spacial score (nSPS) is 26.9. The fourth-order valence-electron chi connectivity index (χ4n) is 2.43. The first-order valence-electron chi connectivity index (χ1n) is 6.37. The van der Waals surface area contributed by atoms with Gasteiger partial charge in [0.2, 0.25) is 11.8 Å². The maximum atomic E-state index is 11.9. The summed E-state index contributed by atoms with van der Waals surface area (Å²) in [5, 5.41) is 3.27. The van der Waals surface area contributed by atoms with Crippen molar-refractivity contribution in [1.82, 2.24) is 10.2 Å². The first-order valence-corrected chi connectivity index (χ1v) is 7.53. The van der Waals surface area contributed by atoms with Crippen molar-refractivity contribution < 1.29 is 9.59 Å². The highest BCUT2D eigenvalue weighted by Gasteiger charge is 2.37. The van der Waals surface area contributed by atoms with Crippen molar-refractivity contribution in [2.45, 2.75) is 32.2 Å². The van der Waals surface area contributed by atoms with Crippen LogP contribution in [0.2, 0.25) is 0 Å². The molecule has 2 amide bonds. The lowest BCUT2D eigenvalue weighted by atomic mass is 10.0. The van der Waals surface area contributed by atoms with Gasteiger partial charge in [0.05, 0.1) is 12.5 Å². The van der Waals surface area contributed by atoms with Crippen LogP contribution in [0, 0.1) is 5.92 Å². The van der Waals surface area contributed by atoms with E-state index in [1.165, 1.54) is 29.2 Å². The predicted molar refractivity (Wildman–Crippen MR) is 68.9 cm³/mol. The van der Waals surface area contributed by atoms with Gasteiger partial charge in [-0.15, -0.1) is 0 Å². The molecule has 1 unspecified atom stereocenters. The first kappa shape index (κ1) is 12.9. The Morgan fingerprint density at radius 1 is 1.35 bits per heavy atom. The summed E-state index contributed by atoms with van der Waals surface area (Å²) in [7, 11) is 0. The Hall–Kier alpha value is -0.550. The lowest BCUT2D eigenvalue weighted by Crippen LogP contribution is -2.41. The Bertz CT molecular complexity index is 303. The zero-order valence-electron chi connectivity index (χ0n) is 10.3. The number of hydrogen-bond donors (Lipinski definition) is 1. The van der Waals surface area contributed by atoms with E-state index in [-0.39, 0.29) is 17.9 Å². The van der Waals surface area contributed by atoms with Crippen LogP contribution in [0.5, 0.6) is 0 Å². The molecule has 2 rings (SSSR count). The average molecular weight is 256 g/mol. The van der Waals surface area contributed by atoms with Crippen LogP contribution in [0.3, 0.4) is 0 Å². The van der Waals surface area contributed by atoms with Gasteiger partial charge < -0.3 is 5.32 Å². The third kappa shape index (κ3) is 3.01. The standard InChI is InChI=1S/C12H20N2O2S/c1-2-14-11(15)7-10(12(14)16)13-8-9-3-5-17-6-4-9/h9-10,13H,2-8H2,1H3. The van der Waals surface area contributed by atoms with Crippen LogP contribution in [0.4, 0.5) is 0 Å². The Labute approximate surface area is 106 Å². The second-order valence-corrected chi connectivity index (χ2v) is 5.92. The molecule has 1 N–H and O–H groups in total. The highest BCUT2D eigenvalue weighted by atomic mass is 32.2. The summed E-state index contributed by atoms with van der Waals surface area (Å²) in [4.78, 5) is 24.8. The van der Waals surface area contributed by atoms with Crippen molar-refractivity contribution >= 4 is 23.6 Å². The van der Waals surface area contributed by atoms with Crippen LogP contribution < -0.4 is 5.32 Å². The van der Waals surface area contributed by atoms with Crippen molar-refractivity contribution in [3.63, 3.8) is 0 Å². The highest BCUT2D eigenvalue weighted by Crippen LogP contribution is 2.22. The van der Waals surface area contributed by atoms with Crippen molar-refractivity contribution in [3.8, 4) is 0 Å². The van der Waals surface area contributed by atoms with E-state index in [9.17, 15) is 9.59 Å². The smallest absolute Gasteiger partial charge is 0.246 e. The van der Waals surface area contributed by atoms with Crippen LogP contribution in [0.25, 0.3) is 0 Å². The molecule has 0 radical (unpaired) electrons. The second-order valence-electron chi connectivity index (χ2n) is 4.70. The molecule has 2 fully saturated rings. The molecule has 0 saturated carbocycles. The lowest BCUT2D eigenvalue weighted by molar-refractivity contribution is -0.138. The molecule has 0 aliphatic carbocycles. The van der Waals surface area contributed by atoms with E-state index < -0.39 is 0 Å². The number of nitrogens with one attached hydrogen (secondary N) is 1. The number of rotatable bonds is 4. The third-order valence-corrected chi connectivity index (χ3v) is 4.60. The van der Waals surface area contributed by atoms with E-state index in [1.807, 2.05) is 18.7 Å². The largest absolute Gasteiger partial charge is 0.305 e.